The van der Waals surface area contributed by atoms with Crippen LogP contribution in [0.5, 0.6) is 0 Å². The lowest BCUT2D eigenvalue weighted by Crippen LogP contribution is -2.42. The minimum absolute atomic E-state index is 0.0488. The number of carbonyl (C=O) groups is 1. The van der Waals surface area contributed by atoms with Crippen molar-refractivity contribution in [3.05, 3.63) is 24.5 Å². The summed E-state index contributed by atoms with van der Waals surface area (Å²) < 4.78 is 1.95. The van der Waals surface area contributed by atoms with Gasteiger partial charge in [-0.25, -0.2) is 0 Å². The van der Waals surface area contributed by atoms with Crippen LogP contribution in [0.1, 0.15) is 12.8 Å². The van der Waals surface area contributed by atoms with Crippen LogP contribution in [0.2, 0.25) is 0 Å². The van der Waals surface area contributed by atoms with E-state index in [0.717, 1.165) is 36.2 Å². The highest BCUT2D eigenvalue weighted by Gasteiger charge is 2.27. The molecular formula is C13H17N5OS. The predicted octanol–water partition coefficient (Wildman–Crippen LogP) is 1.29. The Balaban J connectivity index is 1.74. The van der Waals surface area contributed by atoms with Gasteiger partial charge in [-0.3, -0.25) is 9.36 Å². The Hall–Kier alpha value is -1.89. The summed E-state index contributed by atoms with van der Waals surface area (Å²) in [7, 11) is 1.69. The molecular weight excluding hydrogens is 274 g/mol. The molecule has 20 heavy (non-hydrogen) atoms. The van der Waals surface area contributed by atoms with Crippen LogP contribution < -0.4 is 10.2 Å². The molecule has 0 saturated carbocycles. The molecule has 2 aromatic heterocycles. The number of aromatic nitrogens is 3. The van der Waals surface area contributed by atoms with Crippen LogP contribution in [0, 0.1) is 5.92 Å². The molecule has 6 nitrogen and oxygen atoms in total. The molecule has 0 aromatic carbocycles. The Kier molecular flexibility index (Phi) is 3.68. The monoisotopic (exact) mass is 291 g/mol. The molecule has 0 bridgehead atoms. The summed E-state index contributed by atoms with van der Waals surface area (Å²) in [5, 5.41) is 12.9. The maximum absolute atomic E-state index is 11.8. The van der Waals surface area contributed by atoms with Gasteiger partial charge in [0.1, 0.15) is 0 Å². The van der Waals surface area contributed by atoms with Crippen LogP contribution in [-0.2, 0) is 4.79 Å². The lowest BCUT2D eigenvalue weighted by Gasteiger charge is -2.31. The molecule has 0 aliphatic carbocycles. The summed E-state index contributed by atoms with van der Waals surface area (Å²) in [6.45, 7) is 1.66. The average Bonchev–Trinajstić information content (AvgIpc) is 3.17. The Bertz CT molecular complexity index is 579. The fraction of sp³-hybridized carbons (Fsp3) is 0.462. The first-order chi connectivity index (χ1) is 9.78. The minimum Gasteiger partial charge on any atom is -0.359 e. The van der Waals surface area contributed by atoms with E-state index < -0.39 is 0 Å². The number of nitrogens with one attached hydrogen (secondary N) is 1. The van der Waals surface area contributed by atoms with E-state index in [-0.39, 0.29) is 11.8 Å². The Morgan fingerprint density at radius 1 is 1.35 bits per heavy atom. The summed E-state index contributed by atoms with van der Waals surface area (Å²) >= 11 is 1.55. The van der Waals surface area contributed by atoms with Crippen molar-refractivity contribution in [3.8, 4) is 5.13 Å². The molecule has 0 unspecified atom stereocenters. The van der Waals surface area contributed by atoms with Crippen LogP contribution in [0.3, 0.4) is 0 Å². The molecule has 0 spiro atoms. The van der Waals surface area contributed by atoms with Gasteiger partial charge in [0.25, 0.3) is 0 Å². The SMILES string of the molecule is CNC(=O)[C@@H]1CCCN(c2nnc(-n3cccc3)s2)C1. The zero-order valence-electron chi connectivity index (χ0n) is 11.3. The number of carbonyl (C=O) groups excluding carboxylic acids is 1. The predicted molar refractivity (Wildman–Crippen MR) is 78.2 cm³/mol. The van der Waals surface area contributed by atoms with Crippen molar-refractivity contribution in [1.29, 1.82) is 0 Å². The Labute approximate surface area is 121 Å². The molecule has 1 aliphatic rings. The van der Waals surface area contributed by atoms with E-state index in [4.69, 9.17) is 0 Å². The van der Waals surface area contributed by atoms with Gasteiger partial charge >= 0.3 is 0 Å². The molecule has 1 fully saturated rings. The van der Waals surface area contributed by atoms with Crippen LogP contribution >= 0.6 is 11.3 Å². The average molecular weight is 291 g/mol. The van der Waals surface area contributed by atoms with Crippen molar-refractivity contribution < 1.29 is 4.79 Å². The van der Waals surface area contributed by atoms with Crippen LogP contribution in [0.25, 0.3) is 5.13 Å². The van der Waals surface area contributed by atoms with E-state index in [1.165, 1.54) is 0 Å². The minimum atomic E-state index is 0.0488. The van der Waals surface area contributed by atoms with Crippen molar-refractivity contribution in [2.75, 3.05) is 25.0 Å². The van der Waals surface area contributed by atoms with Gasteiger partial charge in [-0.2, -0.15) is 0 Å². The second-order valence-corrected chi connectivity index (χ2v) is 5.79. The largest absolute Gasteiger partial charge is 0.359 e. The number of amides is 1. The lowest BCUT2D eigenvalue weighted by atomic mass is 9.98. The van der Waals surface area contributed by atoms with Gasteiger partial charge in [0.05, 0.1) is 5.92 Å². The first-order valence-corrected chi connectivity index (χ1v) is 7.53. The van der Waals surface area contributed by atoms with Gasteiger partial charge in [-0.1, -0.05) is 11.3 Å². The highest BCUT2D eigenvalue weighted by atomic mass is 32.1. The van der Waals surface area contributed by atoms with Crippen LogP contribution in [0.15, 0.2) is 24.5 Å². The van der Waals surface area contributed by atoms with Gasteiger partial charge in [0, 0.05) is 32.5 Å². The van der Waals surface area contributed by atoms with E-state index in [0.29, 0.717) is 0 Å². The summed E-state index contributed by atoms with van der Waals surface area (Å²) in [6, 6.07) is 3.92. The van der Waals surface area contributed by atoms with Gasteiger partial charge < -0.3 is 10.2 Å². The third-order valence-corrected chi connectivity index (χ3v) is 4.54. The fourth-order valence-electron chi connectivity index (χ4n) is 2.47. The van der Waals surface area contributed by atoms with Crippen molar-refractivity contribution >= 4 is 22.4 Å². The highest BCUT2D eigenvalue weighted by molar-refractivity contribution is 7.17. The normalized spacial score (nSPS) is 19.1. The molecule has 2 aromatic rings. The summed E-state index contributed by atoms with van der Waals surface area (Å²) in [5.41, 5.74) is 0. The molecule has 1 amide bonds. The Morgan fingerprint density at radius 2 is 2.10 bits per heavy atom. The standard InChI is InChI=1S/C13H17N5OS/c1-14-11(19)10-5-4-8-18(9-10)13-16-15-12(20-13)17-6-2-3-7-17/h2-3,6-7,10H,4-5,8-9H2,1H3,(H,14,19)/t10-/m1/s1. The summed E-state index contributed by atoms with van der Waals surface area (Å²) in [5.74, 6) is 0.164. The highest BCUT2D eigenvalue weighted by Crippen LogP contribution is 2.27. The molecule has 3 rings (SSSR count). The van der Waals surface area contributed by atoms with E-state index in [1.807, 2.05) is 29.1 Å². The molecule has 7 heteroatoms. The zero-order chi connectivity index (χ0) is 13.9. The topological polar surface area (TPSA) is 63.1 Å². The number of nitrogens with zero attached hydrogens (tertiary/aromatic N) is 4. The van der Waals surface area contributed by atoms with Gasteiger partial charge in [-0.15, -0.1) is 10.2 Å². The molecule has 3 heterocycles. The third-order valence-electron chi connectivity index (χ3n) is 3.54. The van der Waals surface area contributed by atoms with E-state index >= 15 is 0 Å². The molecule has 1 N–H and O–H groups in total. The quantitative estimate of drug-likeness (QED) is 0.925. The number of rotatable bonds is 3. The van der Waals surface area contributed by atoms with Crippen LogP contribution in [0.4, 0.5) is 5.13 Å². The first kappa shape index (κ1) is 13.1. The van der Waals surface area contributed by atoms with Gasteiger partial charge in [0.15, 0.2) is 0 Å². The molecule has 106 valence electrons. The molecule has 1 atom stereocenters. The second kappa shape index (κ2) is 5.62. The number of anilines is 1. The maximum Gasteiger partial charge on any atom is 0.224 e. The van der Waals surface area contributed by atoms with Crippen LogP contribution in [-0.4, -0.2) is 40.8 Å². The number of hydrogen-bond donors (Lipinski definition) is 1. The third kappa shape index (κ3) is 2.53. The maximum atomic E-state index is 11.8. The van der Waals surface area contributed by atoms with Gasteiger partial charge in [-0.05, 0) is 25.0 Å². The number of hydrogen-bond acceptors (Lipinski definition) is 5. The molecule has 1 saturated heterocycles. The summed E-state index contributed by atoms with van der Waals surface area (Å²) in [6.07, 6.45) is 5.86. The zero-order valence-corrected chi connectivity index (χ0v) is 12.1. The number of piperidine rings is 1. The van der Waals surface area contributed by atoms with Crippen molar-refractivity contribution in [2.45, 2.75) is 12.8 Å². The lowest BCUT2D eigenvalue weighted by molar-refractivity contribution is -0.124. The summed E-state index contributed by atoms with van der Waals surface area (Å²) in [4.78, 5) is 13.9. The smallest absolute Gasteiger partial charge is 0.224 e. The van der Waals surface area contributed by atoms with Crippen molar-refractivity contribution in [2.24, 2.45) is 5.92 Å². The Morgan fingerprint density at radius 3 is 2.85 bits per heavy atom. The van der Waals surface area contributed by atoms with E-state index in [9.17, 15) is 4.79 Å². The fourth-order valence-corrected chi connectivity index (χ4v) is 3.32. The van der Waals surface area contributed by atoms with E-state index in [2.05, 4.69) is 20.4 Å². The molecule has 0 radical (unpaired) electrons. The second-order valence-electron chi connectivity index (χ2n) is 4.86. The van der Waals surface area contributed by atoms with Gasteiger partial charge in [0.2, 0.25) is 16.2 Å². The first-order valence-electron chi connectivity index (χ1n) is 6.71. The van der Waals surface area contributed by atoms with E-state index in [1.54, 1.807) is 18.4 Å². The molecule has 1 aliphatic heterocycles. The van der Waals surface area contributed by atoms with Crippen molar-refractivity contribution in [1.82, 2.24) is 20.1 Å². The van der Waals surface area contributed by atoms with Crippen molar-refractivity contribution in [3.63, 3.8) is 0 Å².